The molecule has 5 nitrogen and oxygen atoms in total. The summed E-state index contributed by atoms with van der Waals surface area (Å²) in [4.78, 5) is 14.9. The van der Waals surface area contributed by atoms with E-state index in [2.05, 4.69) is 5.32 Å². The quantitative estimate of drug-likeness (QED) is 0.804. The van der Waals surface area contributed by atoms with Gasteiger partial charge in [0, 0.05) is 30.7 Å². The Hall–Kier alpha value is -2.44. The number of carbonyl (C=O) groups excluding carboxylic acids is 1. The van der Waals surface area contributed by atoms with Crippen LogP contribution in [0.3, 0.4) is 0 Å². The van der Waals surface area contributed by atoms with Gasteiger partial charge in [-0.2, -0.15) is 0 Å². The van der Waals surface area contributed by atoms with E-state index in [0.717, 1.165) is 24.1 Å². The molecule has 0 radical (unpaired) electrons. The molecule has 1 unspecified atom stereocenters. The Balaban J connectivity index is 1.47. The van der Waals surface area contributed by atoms with Gasteiger partial charge in [0.05, 0.1) is 24.9 Å². The summed E-state index contributed by atoms with van der Waals surface area (Å²) in [6, 6.07) is 13.8. The number of hydrogen-bond donors (Lipinski definition) is 2. The van der Waals surface area contributed by atoms with Gasteiger partial charge in [-0.1, -0.05) is 30.3 Å². The molecule has 2 aromatic rings. The number of ether oxygens (including phenoxy) is 1. The van der Waals surface area contributed by atoms with Gasteiger partial charge in [-0.25, -0.2) is 4.39 Å². The Kier molecular flexibility index (Phi) is 5.33. The molecule has 0 bridgehead atoms. The van der Waals surface area contributed by atoms with Gasteiger partial charge in [0.2, 0.25) is 0 Å². The van der Waals surface area contributed by atoms with Gasteiger partial charge in [0.1, 0.15) is 5.82 Å². The second-order valence-corrected chi connectivity index (χ2v) is 7.62. The molecule has 1 atom stereocenters. The highest BCUT2D eigenvalue weighted by atomic mass is 19.1. The normalized spacial score (nSPS) is 19.1. The molecule has 0 spiro atoms. The summed E-state index contributed by atoms with van der Waals surface area (Å²) in [5, 5.41) is 13.7. The van der Waals surface area contributed by atoms with Crippen LogP contribution < -0.4 is 10.2 Å². The lowest BCUT2D eigenvalue weighted by atomic mass is 9.92. The Morgan fingerprint density at radius 2 is 1.89 bits per heavy atom. The second-order valence-electron chi connectivity index (χ2n) is 7.62. The van der Waals surface area contributed by atoms with Crippen molar-refractivity contribution < 1.29 is 19.0 Å². The van der Waals surface area contributed by atoms with Crippen LogP contribution in [-0.2, 0) is 4.74 Å². The molecule has 2 aromatic carbocycles. The first-order valence-electron chi connectivity index (χ1n) is 9.72. The minimum Gasteiger partial charge on any atom is -0.388 e. The lowest BCUT2D eigenvalue weighted by molar-refractivity contribution is 0.0807. The Labute approximate surface area is 164 Å². The second kappa shape index (κ2) is 7.89. The molecular weight excluding hydrogens is 359 g/mol. The van der Waals surface area contributed by atoms with E-state index in [4.69, 9.17) is 4.74 Å². The average molecular weight is 384 g/mol. The zero-order valence-corrected chi connectivity index (χ0v) is 15.7. The highest BCUT2D eigenvalue weighted by Gasteiger charge is 2.49. The van der Waals surface area contributed by atoms with Crippen molar-refractivity contribution >= 4 is 11.6 Å². The Morgan fingerprint density at radius 3 is 2.57 bits per heavy atom. The smallest absolute Gasteiger partial charge is 0.253 e. The van der Waals surface area contributed by atoms with Crippen molar-refractivity contribution in [1.82, 2.24) is 5.32 Å². The van der Waals surface area contributed by atoms with Crippen molar-refractivity contribution in [2.24, 2.45) is 5.41 Å². The van der Waals surface area contributed by atoms with Gasteiger partial charge in [-0.15, -0.1) is 0 Å². The van der Waals surface area contributed by atoms with Crippen molar-refractivity contribution in [3.63, 3.8) is 0 Å². The third-order valence-electron chi connectivity index (χ3n) is 5.74. The summed E-state index contributed by atoms with van der Waals surface area (Å²) in [6.45, 7) is 2.88. The number of amides is 1. The molecule has 2 N–H and O–H groups in total. The third-order valence-corrected chi connectivity index (χ3v) is 5.74. The van der Waals surface area contributed by atoms with Gasteiger partial charge in [-0.3, -0.25) is 4.79 Å². The fraction of sp³-hybridized carbons (Fsp3) is 0.409. The van der Waals surface area contributed by atoms with E-state index in [9.17, 15) is 14.3 Å². The molecule has 1 aliphatic heterocycles. The van der Waals surface area contributed by atoms with Crippen LogP contribution in [0, 0.1) is 11.2 Å². The summed E-state index contributed by atoms with van der Waals surface area (Å²) in [6.07, 6.45) is 1.08. The molecule has 1 amide bonds. The Bertz CT molecular complexity index is 833. The highest BCUT2D eigenvalue weighted by molar-refractivity contribution is 6.00. The molecule has 1 saturated carbocycles. The zero-order valence-electron chi connectivity index (χ0n) is 15.7. The number of hydrogen-bond acceptors (Lipinski definition) is 4. The van der Waals surface area contributed by atoms with Crippen LogP contribution in [0.1, 0.15) is 34.9 Å². The number of carbonyl (C=O) groups is 1. The van der Waals surface area contributed by atoms with E-state index >= 15 is 0 Å². The number of anilines is 1. The summed E-state index contributed by atoms with van der Waals surface area (Å²) < 4.78 is 19.2. The number of nitrogens with one attached hydrogen (secondary N) is 1. The molecule has 6 heteroatoms. The van der Waals surface area contributed by atoms with Crippen LogP contribution in [0.15, 0.2) is 48.5 Å². The fourth-order valence-electron chi connectivity index (χ4n) is 3.82. The Morgan fingerprint density at radius 1 is 1.18 bits per heavy atom. The molecule has 1 aliphatic carbocycles. The van der Waals surface area contributed by atoms with E-state index in [1.165, 1.54) is 12.1 Å². The number of benzene rings is 2. The van der Waals surface area contributed by atoms with Gasteiger partial charge in [-0.05, 0) is 36.6 Å². The zero-order chi connectivity index (χ0) is 19.6. The van der Waals surface area contributed by atoms with Crippen molar-refractivity contribution in [1.29, 1.82) is 0 Å². The van der Waals surface area contributed by atoms with Crippen LogP contribution in [0.25, 0.3) is 0 Å². The molecule has 2 fully saturated rings. The summed E-state index contributed by atoms with van der Waals surface area (Å²) in [5.74, 6) is -0.750. The van der Waals surface area contributed by atoms with Crippen molar-refractivity contribution in [2.45, 2.75) is 18.9 Å². The van der Waals surface area contributed by atoms with E-state index in [1.54, 1.807) is 6.07 Å². The first kappa shape index (κ1) is 18.9. The van der Waals surface area contributed by atoms with Crippen molar-refractivity contribution in [3.8, 4) is 0 Å². The van der Waals surface area contributed by atoms with E-state index in [1.807, 2.05) is 35.2 Å². The number of morpholine rings is 1. The van der Waals surface area contributed by atoms with Gasteiger partial charge in [0.25, 0.3) is 5.91 Å². The number of rotatable bonds is 6. The van der Waals surface area contributed by atoms with Gasteiger partial charge >= 0.3 is 0 Å². The standard InChI is InChI=1S/C22H25FN2O3/c23-17-6-7-19(25-10-12-28-13-11-25)18(14-17)21(27)24-15-22(8-9-22)20(26)16-4-2-1-3-5-16/h1-7,14,20,26H,8-13,15H2,(H,24,27). The van der Waals surface area contributed by atoms with Crippen molar-refractivity contribution in [3.05, 3.63) is 65.5 Å². The monoisotopic (exact) mass is 384 g/mol. The topological polar surface area (TPSA) is 61.8 Å². The average Bonchev–Trinajstić information content (AvgIpc) is 3.54. The number of aliphatic hydroxyl groups is 1. The van der Waals surface area contributed by atoms with Crippen LogP contribution in [0.4, 0.5) is 10.1 Å². The molecular formula is C22H25FN2O3. The van der Waals surface area contributed by atoms with Crippen LogP contribution >= 0.6 is 0 Å². The SMILES string of the molecule is O=C(NCC1(C(O)c2ccccc2)CC1)c1cc(F)ccc1N1CCOCC1. The van der Waals surface area contributed by atoms with E-state index in [-0.39, 0.29) is 11.3 Å². The maximum atomic E-state index is 13.8. The molecule has 1 saturated heterocycles. The summed E-state index contributed by atoms with van der Waals surface area (Å²) in [5.41, 5.74) is 1.56. The maximum absolute atomic E-state index is 13.8. The first-order chi connectivity index (χ1) is 13.6. The van der Waals surface area contributed by atoms with Crippen molar-refractivity contribution in [2.75, 3.05) is 37.7 Å². The summed E-state index contributed by atoms with van der Waals surface area (Å²) >= 11 is 0. The molecule has 4 rings (SSSR count). The minimum atomic E-state index is -0.625. The number of nitrogens with zero attached hydrogens (tertiary/aromatic N) is 1. The largest absolute Gasteiger partial charge is 0.388 e. The van der Waals surface area contributed by atoms with E-state index in [0.29, 0.717) is 38.4 Å². The lowest BCUT2D eigenvalue weighted by Gasteiger charge is -2.30. The van der Waals surface area contributed by atoms with Gasteiger partial charge < -0.3 is 20.1 Å². The molecule has 0 aromatic heterocycles. The maximum Gasteiger partial charge on any atom is 0.253 e. The predicted molar refractivity (Wildman–Crippen MR) is 105 cm³/mol. The number of halogens is 1. The van der Waals surface area contributed by atoms with Crippen LogP contribution in [-0.4, -0.2) is 43.9 Å². The highest BCUT2D eigenvalue weighted by Crippen LogP contribution is 2.54. The first-order valence-corrected chi connectivity index (χ1v) is 9.72. The summed E-state index contributed by atoms with van der Waals surface area (Å²) in [7, 11) is 0. The number of aliphatic hydroxyl groups excluding tert-OH is 1. The van der Waals surface area contributed by atoms with E-state index < -0.39 is 11.9 Å². The van der Waals surface area contributed by atoms with Crippen LogP contribution in [0.5, 0.6) is 0 Å². The molecule has 1 heterocycles. The third kappa shape index (κ3) is 3.88. The minimum absolute atomic E-state index is 0.312. The lowest BCUT2D eigenvalue weighted by Crippen LogP contribution is -2.39. The molecule has 28 heavy (non-hydrogen) atoms. The molecule has 148 valence electrons. The van der Waals surface area contributed by atoms with Crippen LogP contribution in [0.2, 0.25) is 0 Å². The fourth-order valence-corrected chi connectivity index (χ4v) is 3.82. The van der Waals surface area contributed by atoms with Gasteiger partial charge in [0.15, 0.2) is 0 Å². The predicted octanol–water partition coefficient (Wildman–Crippen LogP) is 2.91. The molecule has 2 aliphatic rings.